The van der Waals surface area contributed by atoms with Crippen molar-refractivity contribution in [3.8, 4) is 0 Å². The minimum Gasteiger partial charge on any atom is -0.465 e. The van der Waals surface area contributed by atoms with Gasteiger partial charge in [-0.1, -0.05) is 67.1 Å². The van der Waals surface area contributed by atoms with E-state index in [-0.39, 0.29) is 36.7 Å². The number of hydrogen-bond donors (Lipinski definition) is 2. The Morgan fingerprint density at radius 1 is 0.878 bits per heavy atom. The van der Waals surface area contributed by atoms with E-state index in [9.17, 15) is 24.3 Å². The zero-order chi connectivity index (χ0) is 29.0. The van der Waals surface area contributed by atoms with Crippen LogP contribution in [0, 0.1) is 5.92 Å². The van der Waals surface area contributed by atoms with Gasteiger partial charge in [-0.05, 0) is 49.1 Å². The molecule has 2 fully saturated rings. The van der Waals surface area contributed by atoms with E-state index in [1.165, 1.54) is 10.5 Å². The molecule has 3 amide bonds. The number of carboxylic acid groups (broad SMARTS) is 1. The number of carbonyl (C=O) groups is 4. The number of hydrogen-bond acceptors (Lipinski definition) is 5. The third kappa shape index (κ3) is 9.06. The highest BCUT2D eigenvalue weighted by Gasteiger charge is 2.40. The third-order valence-electron chi connectivity index (χ3n) is 8.11. The highest BCUT2D eigenvalue weighted by molar-refractivity contribution is 5.86. The van der Waals surface area contributed by atoms with Gasteiger partial charge in [0.15, 0.2) is 0 Å². The van der Waals surface area contributed by atoms with Crippen molar-refractivity contribution in [2.75, 3.05) is 26.2 Å². The van der Waals surface area contributed by atoms with Crippen molar-refractivity contribution in [2.24, 2.45) is 5.92 Å². The first-order valence-corrected chi connectivity index (χ1v) is 14.7. The molecular weight excluding hydrogens is 522 g/mol. The maximum atomic E-state index is 13.3. The third-order valence-corrected chi connectivity index (χ3v) is 8.11. The van der Waals surface area contributed by atoms with Crippen molar-refractivity contribution in [3.63, 3.8) is 0 Å². The molecule has 3 atom stereocenters. The number of carbonyl (C=O) groups excluding carboxylic acids is 3. The van der Waals surface area contributed by atoms with E-state index >= 15 is 0 Å². The molecule has 0 aromatic heterocycles. The van der Waals surface area contributed by atoms with E-state index in [0.29, 0.717) is 51.7 Å². The number of ketones is 1. The number of alkyl carbamates (subject to hydrolysis) is 1. The minimum atomic E-state index is -1.10. The predicted octanol–water partition coefficient (Wildman–Crippen LogP) is 5.21. The molecular formula is C32H41N3O6. The molecule has 0 aliphatic carbocycles. The second kappa shape index (κ2) is 15.2. The van der Waals surface area contributed by atoms with E-state index in [1.54, 1.807) is 0 Å². The fraction of sp³-hybridized carbons (Fsp3) is 0.500. The Balaban J connectivity index is 1.12. The number of nitrogens with one attached hydrogen (secondary N) is 1. The molecule has 2 aliphatic heterocycles. The van der Waals surface area contributed by atoms with Crippen molar-refractivity contribution in [1.29, 1.82) is 0 Å². The molecule has 0 spiro atoms. The van der Waals surface area contributed by atoms with Gasteiger partial charge in [0.25, 0.3) is 0 Å². The number of nitrogens with zero attached hydrogens (tertiary/aromatic N) is 2. The van der Waals surface area contributed by atoms with Crippen LogP contribution >= 0.6 is 0 Å². The molecule has 2 heterocycles. The number of unbranched alkanes of at least 4 members (excludes halogenated alkanes) is 2. The van der Waals surface area contributed by atoms with Crippen LogP contribution in [0.3, 0.4) is 0 Å². The van der Waals surface area contributed by atoms with Crippen molar-refractivity contribution in [3.05, 3.63) is 71.8 Å². The standard InChI is InChI=1S/C32H41N3O6/c36-28(14-8-3-9-18-33-31(38)41-23-24-10-4-1-5-11-24)20-25-15-16-29(35(21-25)32(39)40)30(37)34-19-17-27(22-34)26-12-6-2-7-13-26/h1-2,4-7,10-13,25,27,29H,3,8-9,14-23H2,(H,33,38)(H,39,40)/t25?,27-,29-/m1/s1. The SMILES string of the molecule is O=C(CCCCCNC(=O)OCc1ccccc1)CC1CC[C@H](C(=O)N2CC[C@@H](c3ccccc3)C2)N(C(=O)O)C1. The van der Waals surface area contributed by atoms with Crippen molar-refractivity contribution in [2.45, 2.75) is 69.9 Å². The van der Waals surface area contributed by atoms with Crippen molar-refractivity contribution < 1.29 is 29.0 Å². The van der Waals surface area contributed by atoms with Gasteiger partial charge in [0.2, 0.25) is 5.91 Å². The molecule has 1 unspecified atom stereocenters. The number of amides is 3. The second-order valence-corrected chi connectivity index (χ2v) is 11.1. The first-order valence-electron chi connectivity index (χ1n) is 14.7. The average molecular weight is 564 g/mol. The highest BCUT2D eigenvalue weighted by atomic mass is 16.5. The summed E-state index contributed by atoms with van der Waals surface area (Å²) in [7, 11) is 0. The topological polar surface area (TPSA) is 116 Å². The van der Waals surface area contributed by atoms with E-state index in [0.717, 1.165) is 24.8 Å². The number of likely N-dealkylation sites (tertiary alicyclic amines) is 2. The van der Waals surface area contributed by atoms with Gasteiger partial charge in [0.05, 0.1) is 0 Å². The van der Waals surface area contributed by atoms with Gasteiger partial charge >= 0.3 is 12.2 Å². The predicted molar refractivity (Wildman–Crippen MR) is 154 cm³/mol. The van der Waals surface area contributed by atoms with Crippen LogP contribution in [0.1, 0.15) is 68.4 Å². The largest absolute Gasteiger partial charge is 0.465 e. The first-order chi connectivity index (χ1) is 19.9. The van der Waals surface area contributed by atoms with Crippen molar-refractivity contribution >= 4 is 23.9 Å². The highest BCUT2D eigenvalue weighted by Crippen LogP contribution is 2.31. The van der Waals surface area contributed by atoms with Crippen LogP contribution < -0.4 is 5.32 Å². The summed E-state index contributed by atoms with van der Waals surface area (Å²) < 4.78 is 5.18. The van der Waals surface area contributed by atoms with Crippen LogP contribution in [0.4, 0.5) is 9.59 Å². The molecule has 0 bridgehead atoms. The Morgan fingerprint density at radius 3 is 2.34 bits per heavy atom. The molecule has 0 radical (unpaired) electrons. The summed E-state index contributed by atoms with van der Waals surface area (Å²) >= 11 is 0. The molecule has 4 rings (SSSR count). The molecule has 2 aromatic rings. The van der Waals surface area contributed by atoms with Crippen molar-refractivity contribution in [1.82, 2.24) is 15.1 Å². The lowest BCUT2D eigenvalue weighted by atomic mass is 9.88. The van der Waals surface area contributed by atoms with E-state index in [1.807, 2.05) is 53.4 Å². The summed E-state index contributed by atoms with van der Waals surface area (Å²) in [6, 6.07) is 18.9. The van der Waals surface area contributed by atoms with E-state index in [2.05, 4.69) is 17.4 Å². The molecule has 2 aromatic carbocycles. The number of piperidine rings is 1. The van der Waals surface area contributed by atoms with Gasteiger partial charge in [-0.15, -0.1) is 0 Å². The molecule has 9 heteroatoms. The number of ether oxygens (including phenoxy) is 1. The molecule has 2 saturated heterocycles. The van der Waals surface area contributed by atoms with E-state index in [4.69, 9.17) is 4.74 Å². The lowest BCUT2D eigenvalue weighted by Crippen LogP contribution is -2.54. The number of rotatable bonds is 12. The molecule has 9 nitrogen and oxygen atoms in total. The molecule has 41 heavy (non-hydrogen) atoms. The number of benzene rings is 2. The lowest BCUT2D eigenvalue weighted by molar-refractivity contribution is -0.137. The lowest BCUT2D eigenvalue weighted by Gasteiger charge is -2.38. The Bertz CT molecular complexity index is 1160. The van der Waals surface area contributed by atoms with Crippen LogP contribution in [-0.4, -0.2) is 71.0 Å². The summed E-state index contributed by atoms with van der Waals surface area (Å²) in [6.07, 6.45) is 3.44. The van der Waals surface area contributed by atoms with Crippen LogP contribution in [0.2, 0.25) is 0 Å². The fourth-order valence-electron chi connectivity index (χ4n) is 5.86. The average Bonchev–Trinajstić information content (AvgIpc) is 3.49. The molecule has 2 N–H and O–H groups in total. The zero-order valence-corrected chi connectivity index (χ0v) is 23.6. The van der Waals surface area contributed by atoms with Gasteiger partial charge in [-0.3, -0.25) is 14.5 Å². The van der Waals surface area contributed by atoms with Gasteiger partial charge in [0, 0.05) is 44.9 Å². The minimum absolute atomic E-state index is 0.0700. The summed E-state index contributed by atoms with van der Waals surface area (Å²) in [4.78, 5) is 52.9. The maximum Gasteiger partial charge on any atom is 0.407 e. The smallest absolute Gasteiger partial charge is 0.407 e. The van der Waals surface area contributed by atoms with Crippen LogP contribution in [0.25, 0.3) is 0 Å². The Morgan fingerprint density at radius 2 is 1.61 bits per heavy atom. The monoisotopic (exact) mass is 563 g/mol. The normalized spacial score (nSPS) is 20.4. The first kappa shape index (κ1) is 30.1. The van der Waals surface area contributed by atoms with Crippen LogP contribution in [-0.2, 0) is 20.9 Å². The summed E-state index contributed by atoms with van der Waals surface area (Å²) in [5.41, 5.74) is 2.13. The summed E-state index contributed by atoms with van der Waals surface area (Å²) in [6.45, 7) is 2.16. The zero-order valence-electron chi connectivity index (χ0n) is 23.6. The molecule has 0 saturated carbocycles. The quantitative estimate of drug-likeness (QED) is 0.343. The number of Topliss-reactive ketones (excluding diaryl/α,β-unsaturated/α-hetero) is 1. The van der Waals surface area contributed by atoms with Gasteiger partial charge < -0.3 is 20.1 Å². The maximum absolute atomic E-state index is 13.3. The molecule has 220 valence electrons. The summed E-state index contributed by atoms with van der Waals surface area (Å²) in [5.74, 6) is 0.203. The van der Waals surface area contributed by atoms with Gasteiger partial charge in [-0.2, -0.15) is 0 Å². The van der Waals surface area contributed by atoms with E-state index < -0.39 is 18.2 Å². The Labute approximate surface area is 241 Å². The Hall–Kier alpha value is -3.88. The Kier molecular flexibility index (Phi) is 11.2. The van der Waals surface area contributed by atoms with Gasteiger partial charge in [0.1, 0.15) is 18.4 Å². The second-order valence-electron chi connectivity index (χ2n) is 11.1. The molecule has 2 aliphatic rings. The summed E-state index contributed by atoms with van der Waals surface area (Å²) in [5, 5.41) is 12.6. The fourth-order valence-corrected chi connectivity index (χ4v) is 5.86. The van der Waals surface area contributed by atoms with Gasteiger partial charge in [-0.25, -0.2) is 9.59 Å². The van der Waals surface area contributed by atoms with Crippen LogP contribution in [0.15, 0.2) is 60.7 Å². The van der Waals surface area contributed by atoms with Crippen LogP contribution in [0.5, 0.6) is 0 Å².